The molecule has 0 spiro atoms. The van der Waals surface area contributed by atoms with Crippen molar-refractivity contribution in [3.8, 4) is 17.3 Å². The zero-order valence-corrected chi connectivity index (χ0v) is 34.5. The molecular weight excluding hydrogens is 787 g/mol. The summed E-state index contributed by atoms with van der Waals surface area (Å²) in [7, 11) is -3.90. The number of ether oxygens (including phenoxy) is 2. The average molecular weight is 838 g/mol. The fourth-order valence-electron chi connectivity index (χ4n) is 9.23. The van der Waals surface area contributed by atoms with Crippen molar-refractivity contribution in [3.63, 3.8) is 0 Å². The van der Waals surface area contributed by atoms with Gasteiger partial charge in [0.1, 0.15) is 28.8 Å². The molecule has 2 aromatic carbocycles. The normalized spacial score (nSPS) is 28.2. The van der Waals surface area contributed by atoms with Gasteiger partial charge in [-0.25, -0.2) is 18.2 Å². The number of carbonyl (C=O) groups is 4. The van der Waals surface area contributed by atoms with Crippen LogP contribution in [0.1, 0.15) is 95.5 Å². The zero-order valence-electron chi connectivity index (χ0n) is 33.7. The lowest BCUT2D eigenvalue weighted by atomic mass is 9.86. The van der Waals surface area contributed by atoms with Gasteiger partial charge in [-0.15, -0.1) is 0 Å². The molecule has 316 valence electrons. The number of ketones is 1. The fourth-order valence-corrected chi connectivity index (χ4v) is 10.6. The summed E-state index contributed by atoms with van der Waals surface area (Å²) in [6, 6.07) is 14.4. The Labute approximate surface area is 348 Å². The lowest BCUT2D eigenvalue weighted by molar-refractivity contribution is -0.136. The number of benzene rings is 2. The van der Waals surface area contributed by atoms with Crippen molar-refractivity contribution in [3.05, 3.63) is 66.2 Å². The maximum atomic E-state index is 14.8. The first-order chi connectivity index (χ1) is 29.0. The van der Waals surface area contributed by atoms with Gasteiger partial charge in [0.25, 0.3) is 11.8 Å². The van der Waals surface area contributed by atoms with Crippen molar-refractivity contribution in [2.75, 3.05) is 0 Å². The van der Waals surface area contributed by atoms with E-state index in [2.05, 4.69) is 15.4 Å². The Morgan fingerprint density at radius 3 is 2.42 bits per heavy atom. The van der Waals surface area contributed by atoms with Crippen LogP contribution in [0.3, 0.4) is 0 Å². The van der Waals surface area contributed by atoms with Crippen LogP contribution in [0.25, 0.3) is 33.5 Å². The molecular formula is C45H51N5O9S. The van der Waals surface area contributed by atoms with Gasteiger partial charge >= 0.3 is 6.09 Å². The van der Waals surface area contributed by atoms with E-state index in [-0.39, 0.29) is 37.0 Å². The third kappa shape index (κ3) is 8.24. The van der Waals surface area contributed by atoms with Crippen molar-refractivity contribution in [2.24, 2.45) is 17.8 Å². The summed E-state index contributed by atoms with van der Waals surface area (Å²) in [5.74, 6) is -3.42. The molecule has 4 saturated carbocycles. The number of Topliss-reactive ketones (excluding diaryl/α,β-unsaturated/α-hetero) is 1. The first-order valence-electron chi connectivity index (χ1n) is 21.5. The van der Waals surface area contributed by atoms with Gasteiger partial charge in [0.05, 0.1) is 17.2 Å². The number of carbonyl (C=O) groups excluding carboxylic acids is 4. The summed E-state index contributed by atoms with van der Waals surface area (Å²) in [6.45, 7) is 1.99. The molecule has 4 fully saturated rings. The lowest BCUT2D eigenvalue weighted by Crippen LogP contribution is -2.54. The van der Waals surface area contributed by atoms with E-state index >= 15 is 0 Å². The summed E-state index contributed by atoms with van der Waals surface area (Å²) in [5, 5.41) is 5.97. The van der Waals surface area contributed by atoms with E-state index in [1.807, 2.05) is 67.6 Å². The second-order valence-corrected chi connectivity index (χ2v) is 19.3. The highest BCUT2D eigenvalue weighted by molar-refractivity contribution is 7.91. The molecule has 4 aromatic rings. The van der Waals surface area contributed by atoms with E-state index in [1.54, 1.807) is 0 Å². The number of aryl methyl sites for hydroxylation is 1. The smallest absolute Gasteiger partial charge is 0.407 e. The predicted molar refractivity (Wildman–Crippen MR) is 222 cm³/mol. The van der Waals surface area contributed by atoms with Gasteiger partial charge in [-0.1, -0.05) is 67.0 Å². The third-order valence-electron chi connectivity index (χ3n) is 12.9. The van der Waals surface area contributed by atoms with E-state index in [0.717, 1.165) is 55.0 Å². The van der Waals surface area contributed by atoms with E-state index in [1.165, 1.54) is 0 Å². The number of fused-ring (bicyclic) bond motifs is 5. The largest absolute Gasteiger partial charge is 0.472 e. The van der Waals surface area contributed by atoms with Crippen LogP contribution < -0.4 is 20.1 Å². The molecule has 1 unspecified atom stereocenters. The number of aromatic nitrogens is 2. The van der Waals surface area contributed by atoms with Crippen LogP contribution in [-0.2, 0) is 29.1 Å². The van der Waals surface area contributed by atoms with Crippen LogP contribution in [0.2, 0.25) is 0 Å². The molecule has 3 heterocycles. The van der Waals surface area contributed by atoms with Gasteiger partial charge < -0.3 is 24.5 Å². The van der Waals surface area contributed by atoms with Crippen LogP contribution in [0.4, 0.5) is 4.79 Å². The van der Waals surface area contributed by atoms with E-state index in [0.29, 0.717) is 54.6 Å². The van der Waals surface area contributed by atoms with Crippen LogP contribution in [0.5, 0.6) is 5.88 Å². The highest BCUT2D eigenvalue weighted by Gasteiger charge is 2.62. The van der Waals surface area contributed by atoms with Crippen molar-refractivity contribution in [1.82, 2.24) is 25.3 Å². The fraction of sp³-hybridized carbons (Fsp3) is 0.511. The highest BCUT2D eigenvalue weighted by Crippen LogP contribution is 2.47. The molecule has 5 aliphatic rings. The maximum Gasteiger partial charge on any atom is 0.407 e. The molecule has 0 radical (unpaired) electrons. The Kier molecular flexibility index (Phi) is 10.9. The van der Waals surface area contributed by atoms with Crippen LogP contribution >= 0.6 is 0 Å². The van der Waals surface area contributed by atoms with Crippen molar-refractivity contribution in [2.45, 2.75) is 126 Å². The van der Waals surface area contributed by atoms with Crippen LogP contribution in [-0.4, -0.2) is 71.1 Å². The number of alkyl carbamates (subject to hydrolysis) is 1. The molecule has 0 saturated heterocycles. The van der Waals surface area contributed by atoms with Crippen LogP contribution in [0.15, 0.2) is 65.1 Å². The van der Waals surface area contributed by atoms with Gasteiger partial charge in [0.2, 0.25) is 21.5 Å². The molecule has 14 nitrogen and oxygen atoms in total. The summed E-state index contributed by atoms with van der Waals surface area (Å²) >= 11 is 0. The Morgan fingerprint density at radius 2 is 1.63 bits per heavy atom. The second kappa shape index (κ2) is 16.3. The first-order valence-corrected chi connectivity index (χ1v) is 23.0. The molecule has 0 bridgehead atoms. The molecule has 1 aliphatic heterocycles. The van der Waals surface area contributed by atoms with Gasteiger partial charge in [-0.05, 0) is 96.1 Å². The SMILES string of the molecule is Cc1ccc(-c2nc(O[C@H]3CC4C(=O)[C@@H](NC(=O)OC5CCCC5)CCCCC/C=C\[C@@H]5C[C@@]5(C(=O)NS(=O)(=O)C5CC5)NC(=O)[C@@H]4C3)c3oc4ccccc4c3n2)cc1. The minimum Gasteiger partial charge on any atom is -0.472 e. The molecule has 4 aliphatic carbocycles. The standard InChI is InChI=1S/C45H51N5O9S/c1-26-17-19-27(20-18-26)40-47-37-32-14-9-10-16-36(32)59-39(37)42(48-40)57-30-23-33-34(24-30)41(52)49-45(43(53)50-60(55,56)31-21-22-31)25-28(45)11-5-3-2-4-6-15-35(38(33)51)46-44(54)58-29-12-7-8-13-29/h5,9-11,14,16-20,28-31,33-35H,2-4,6-8,12-13,15,21-25H2,1H3,(H,46,54)(H,49,52)(H,50,53)/b11-5-/t28-,30+,33?,34-,35+,45-/m1/s1. The quantitative estimate of drug-likeness (QED) is 0.159. The number of hydrogen-bond acceptors (Lipinski definition) is 11. The summed E-state index contributed by atoms with van der Waals surface area (Å²) in [5.41, 5.74) is 1.81. The number of amides is 3. The van der Waals surface area contributed by atoms with Gasteiger partial charge in [0, 0.05) is 22.8 Å². The van der Waals surface area contributed by atoms with Gasteiger partial charge in [0.15, 0.2) is 11.6 Å². The molecule has 15 heteroatoms. The number of hydrogen-bond donors (Lipinski definition) is 3. The zero-order chi connectivity index (χ0) is 41.6. The number of nitrogens with zero attached hydrogens (tertiary/aromatic N) is 2. The molecule has 9 rings (SSSR count). The van der Waals surface area contributed by atoms with E-state index in [9.17, 15) is 27.6 Å². The Balaban J connectivity index is 1.05. The Hall–Kier alpha value is -5.31. The molecule has 60 heavy (non-hydrogen) atoms. The van der Waals surface area contributed by atoms with E-state index in [4.69, 9.17) is 23.9 Å². The second-order valence-electron chi connectivity index (χ2n) is 17.3. The predicted octanol–water partition coefficient (Wildman–Crippen LogP) is 6.74. The number of nitrogens with one attached hydrogen (secondary N) is 3. The van der Waals surface area contributed by atoms with Crippen molar-refractivity contribution >= 4 is 55.8 Å². The minimum atomic E-state index is -3.90. The number of sulfonamides is 1. The minimum absolute atomic E-state index is 0.0750. The van der Waals surface area contributed by atoms with Crippen molar-refractivity contribution < 1.29 is 41.5 Å². The molecule has 3 N–H and O–H groups in total. The van der Waals surface area contributed by atoms with Crippen molar-refractivity contribution in [1.29, 1.82) is 0 Å². The van der Waals surface area contributed by atoms with Crippen LogP contribution in [0, 0.1) is 24.7 Å². The number of rotatable bonds is 8. The topological polar surface area (TPSA) is 196 Å². The summed E-state index contributed by atoms with van der Waals surface area (Å²) in [6.07, 6.45) is 10.4. The lowest BCUT2D eigenvalue weighted by Gasteiger charge is -2.26. The Bertz CT molecular complexity index is 2460. The number of allylic oxidation sites excluding steroid dienone is 1. The molecule has 2 aromatic heterocycles. The third-order valence-corrected chi connectivity index (χ3v) is 14.7. The molecule has 3 amide bonds. The molecule has 6 atom stereocenters. The number of furan rings is 1. The van der Waals surface area contributed by atoms with E-state index < -0.39 is 68.6 Å². The summed E-state index contributed by atoms with van der Waals surface area (Å²) in [4.78, 5) is 66.4. The maximum absolute atomic E-state index is 14.8. The van der Waals surface area contributed by atoms with Gasteiger partial charge in [-0.2, -0.15) is 4.98 Å². The monoisotopic (exact) mass is 837 g/mol. The average Bonchev–Trinajstić information content (AvgIpc) is 4.04. The Morgan fingerprint density at radius 1 is 0.883 bits per heavy atom. The highest BCUT2D eigenvalue weighted by atomic mass is 32.2. The van der Waals surface area contributed by atoms with Gasteiger partial charge in [-0.3, -0.25) is 19.1 Å². The number of para-hydroxylation sites is 1. The summed E-state index contributed by atoms with van der Waals surface area (Å²) < 4.78 is 46.9. The first kappa shape index (κ1) is 40.1.